The van der Waals surface area contributed by atoms with Crippen LogP contribution in [0, 0.1) is 0 Å². The number of hydrogen-bond acceptors (Lipinski definition) is 4. The lowest BCUT2D eigenvalue weighted by Gasteiger charge is -2.17. The normalized spacial score (nSPS) is 12.7. The third-order valence-electron chi connectivity index (χ3n) is 4.53. The molecule has 0 saturated heterocycles. The first-order chi connectivity index (χ1) is 13.8. The molecule has 0 aliphatic carbocycles. The highest BCUT2D eigenvalue weighted by Crippen LogP contribution is 2.24. The first-order valence-corrected chi connectivity index (χ1v) is 9.84. The molecular formula is C22H26ClNO5. The molecule has 1 amide bonds. The van der Waals surface area contributed by atoms with Crippen LogP contribution in [0.25, 0.3) is 0 Å². The SMILES string of the molecule is CCCC(Oc1ccc(C(C)CNC(=O)c2cc(Cl)ccc2OC)cc1)C(=O)O. The molecular weight excluding hydrogens is 394 g/mol. The highest BCUT2D eigenvalue weighted by Gasteiger charge is 2.18. The van der Waals surface area contributed by atoms with Gasteiger partial charge in [0.2, 0.25) is 0 Å². The maximum atomic E-state index is 12.5. The second-order valence-corrected chi connectivity index (χ2v) is 7.19. The number of rotatable bonds is 10. The lowest BCUT2D eigenvalue weighted by molar-refractivity contribution is -0.145. The maximum Gasteiger partial charge on any atom is 0.344 e. The van der Waals surface area contributed by atoms with Gasteiger partial charge in [-0.2, -0.15) is 0 Å². The number of ether oxygens (including phenoxy) is 2. The number of amides is 1. The van der Waals surface area contributed by atoms with Gasteiger partial charge in [-0.3, -0.25) is 4.79 Å². The first-order valence-electron chi connectivity index (χ1n) is 9.46. The second kappa shape index (κ2) is 10.7. The molecule has 0 bridgehead atoms. The number of carbonyl (C=O) groups excluding carboxylic acids is 1. The zero-order valence-electron chi connectivity index (χ0n) is 16.8. The summed E-state index contributed by atoms with van der Waals surface area (Å²) in [5.74, 6) is -0.219. The zero-order chi connectivity index (χ0) is 21.4. The molecule has 0 aliphatic rings. The summed E-state index contributed by atoms with van der Waals surface area (Å²) in [7, 11) is 1.50. The summed E-state index contributed by atoms with van der Waals surface area (Å²) in [5.41, 5.74) is 1.38. The van der Waals surface area contributed by atoms with Crippen LogP contribution < -0.4 is 14.8 Å². The Kier molecular flexibility index (Phi) is 8.34. The topological polar surface area (TPSA) is 84.9 Å². The molecule has 2 aromatic rings. The van der Waals surface area contributed by atoms with Crippen molar-refractivity contribution in [1.82, 2.24) is 5.32 Å². The Bertz CT molecular complexity index is 838. The van der Waals surface area contributed by atoms with Crippen LogP contribution in [0.15, 0.2) is 42.5 Å². The number of carboxylic acids is 1. The van der Waals surface area contributed by atoms with Crippen molar-refractivity contribution in [2.45, 2.75) is 38.7 Å². The molecule has 0 heterocycles. The fraction of sp³-hybridized carbons (Fsp3) is 0.364. The van der Waals surface area contributed by atoms with E-state index in [9.17, 15) is 14.7 Å². The van der Waals surface area contributed by atoms with E-state index in [1.807, 2.05) is 26.0 Å². The molecule has 0 fully saturated rings. The van der Waals surface area contributed by atoms with Gasteiger partial charge in [-0.1, -0.05) is 44.0 Å². The maximum absolute atomic E-state index is 12.5. The van der Waals surface area contributed by atoms with Crippen molar-refractivity contribution in [1.29, 1.82) is 0 Å². The summed E-state index contributed by atoms with van der Waals surface area (Å²) in [6, 6.07) is 12.1. The number of carbonyl (C=O) groups is 2. The van der Waals surface area contributed by atoms with Crippen LogP contribution in [-0.2, 0) is 4.79 Å². The average molecular weight is 420 g/mol. The minimum absolute atomic E-state index is 0.0455. The van der Waals surface area contributed by atoms with Crippen LogP contribution >= 0.6 is 11.6 Å². The molecule has 0 saturated carbocycles. The summed E-state index contributed by atoms with van der Waals surface area (Å²) in [4.78, 5) is 23.7. The second-order valence-electron chi connectivity index (χ2n) is 6.76. The summed E-state index contributed by atoms with van der Waals surface area (Å²) in [6.07, 6.45) is 0.325. The van der Waals surface area contributed by atoms with Crippen LogP contribution in [-0.4, -0.2) is 36.7 Å². The van der Waals surface area contributed by atoms with Crippen molar-refractivity contribution in [3.05, 3.63) is 58.6 Å². The molecule has 0 aliphatic heterocycles. The Morgan fingerprint density at radius 3 is 2.45 bits per heavy atom. The van der Waals surface area contributed by atoms with Gasteiger partial charge in [0.15, 0.2) is 6.10 Å². The summed E-state index contributed by atoms with van der Waals surface area (Å²) < 4.78 is 10.8. The summed E-state index contributed by atoms with van der Waals surface area (Å²) in [5, 5.41) is 12.5. The lowest BCUT2D eigenvalue weighted by atomic mass is 10.0. The number of hydrogen-bond donors (Lipinski definition) is 2. The minimum atomic E-state index is -0.969. The van der Waals surface area contributed by atoms with E-state index in [0.29, 0.717) is 35.1 Å². The Hall–Kier alpha value is -2.73. The van der Waals surface area contributed by atoms with E-state index >= 15 is 0 Å². The smallest absolute Gasteiger partial charge is 0.344 e. The van der Waals surface area contributed by atoms with Crippen molar-refractivity contribution >= 4 is 23.5 Å². The van der Waals surface area contributed by atoms with E-state index in [4.69, 9.17) is 21.1 Å². The number of carboxylic acid groups (broad SMARTS) is 1. The van der Waals surface area contributed by atoms with Crippen molar-refractivity contribution < 1.29 is 24.2 Å². The lowest BCUT2D eigenvalue weighted by Crippen LogP contribution is -2.28. The molecule has 2 rings (SSSR count). The zero-order valence-corrected chi connectivity index (χ0v) is 17.5. The van der Waals surface area contributed by atoms with Gasteiger partial charge in [-0.25, -0.2) is 4.79 Å². The van der Waals surface area contributed by atoms with Crippen LogP contribution in [0.5, 0.6) is 11.5 Å². The molecule has 6 nitrogen and oxygen atoms in total. The molecule has 0 aromatic heterocycles. The molecule has 7 heteroatoms. The van der Waals surface area contributed by atoms with Gasteiger partial charge in [0.25, 0.3) is 5.91 Å². The average Bonchev–Trinajstić information content (AvgIpc) is 2.71. The monoisotopic (exact) mass is 419 g/mol. The molecule has 2 aromatic carbocycles. The highest BCUT2D eigenvalue weighted by molar-refractivity contribution is 6.31. The minimum Gasteiger partial charge on any atom is -0.496 e. The van der Waals surface area contributed by atoms with Gasteiger partial charge in [0.1, 0.15) is 11.5 Å². The molecule has 2 atom stereocenters. The number of nitrogens with one attached hydrogen (secondary N) is 1. The van der Waals surface area contributed by atoms with Crippen molar-refractivity contribution in [2.75, 3.05) is 13.7 Å². The predicted octanol–water partition coefficient (Wildman–Crippen LogP) is 4.51. The Morgan fingerprint density at radius 2 is 1.86 bits per heavy atom. The van der Waals surface area contributed by atoms with Crippen molar-refractivity contribution in [3.8, 4) is 11.5 Å². The van der Waals surface area contributed by atoms with Gasteiger partial charge in [-0.05, 0) is 48.2 Å². The van der Waals surface area contributed by atoms with Crippen LogP contribution in [0.2, 0.25) is 5.02 Å². The quantitative estimate of drug-likeness (QED) is 0.591. The molecule has 0 radical (unpaired) electrons. The Balaban J connectivity index is 1.97. The van der Waals surface area contributed by atoms with Gasteiger partial charge < -0.3 is 19.9 Å². The van der Waals surface area contributed by atoms with E-state index in [-0.39, 0.29) is 11.8 Å². The van der Waals surface area contributed by atoms with Gasteiger partial charge in [0.05, 0.1) is 12.7 Å². The predicted molar refractivity (Wildman–Crippen MR) is 112 cm³/mol. The summed E-state index contributed by atoms with van der Waals surface area (Å²) in [6.45, 7) is 4.32. The molecule has 2 unspecified atom stereocenters. The van der Waals surface area contributed by atoms with E-state index in [0.717, 1.165) is 12.0 Å². The number of methoxy groups -OCH3 is 1. The van der Waals surface area contributed by atoms with E-state index < -0.39 is 12.1 Å². The third-order valence-corrected chi connectivity index (χ3v) is 4.76. The standard InChI is InChI=1S/C22H26ClNO5/c1-4-5-20(22(26)27)29-17-9-6-15(7-10-17)14(2)13-24-21(25)18-12-16(23)8-11-19(18)28-3/h6-12,14,20H,4-5,13H2,1-3H3,(H,24,25)(H,26,27). The van der Waals surface area contributed by atoms with E-state index in [2.05, 4.69) is 5.32 Å². The van der Waals surface area contributed by atoms with Crippen molar-refractivity contribution in [3.63, 3.8) is 0 Å². The van der Waals surface area contributed by atoms with Crippen LogP contribution in [0.1, 0.15) is 48.5 Å². The van der Waals surface area contributed by atoms with Crippen molar-refractivity contribution in [2.24, 2.45) is 0 Å². The van der Waals surface area contributed by atoms with Crippen LogP contribution in [0.4, 0.5) is 0 Å². The Morgan fingerprint density at radius 1 is 1.17 bits per heavy atom. The fourth-order valence-electron chi connectivity index (χ4n) is 2.85. The van der Waals surface area contributed by atoms with Gasteiger partial charge in [-0.15, -0.1) is 0 Å². The molecule has 29 heavy (non-hydrogen) atoms. The third kappa shape index (κ3) is 6.39. The first kappa shape index (κ1) is 22.6. The molecule has 156 valence electrons. The highest BCUT2D eigenvalue weighted by atomic mass is 35.5. The number of aliphatic carboxylic acids is 1. The molecule has 2 N–H and O–H groups in total. The van der Waals surface area contributed by atoms with E-state index in [1.165, 1.54) is 7.11 Å². The van der Waals surface area contributed by atoms with Gasteiger partial charge >= 0.3 is 5.97 Å². The largest absolute Gasteiger partial charge is 0.496 e. The Labute approximate surface area is 175 Å². The molecule has 0 spiro atoms. The van der Waals surface area contributed by atoms with Crippen LogP contribution in [0.3, 0.4) is 0 Å². The number of halogens is 1. The summed E-state index contributed by atoms with van der Waals surface area (Å²) >= 11 is 5.98. The van der Waals surface area contributed by atoms with Gasteiger partial charge in [0, 0.05) is 11.6 Å². The van der Waals surface area contributed by atoms with E-state index in [1.54, 1.807) is 30.3 Å². The number of benzene rings is 2. The fourth-order valence-corrected chi connectivity index (χ4v) is 3.02.